The summed E-state index contributed by atoms with van der Waals surface area (Å²) in [5, 5.41) is 16.2. The van der Waals surface area contributed by atoms with Gasteiger partial charge in [-0.05, 0) is 48.5 Å². The number of benzene rings is 1. The molecule has 4 rings (SSSR count). The van der Waals surface area contributed by atoms with Crippen molar-refractivity contribution in [3.8, 4) is 11.3 Å². The van der Waals surface area contributed by atoms with Gasteiger partial charge in [0.1, 0.15) is 0 Å². The quantitative estimate of drug-likeness (QED) is 0.529. The average Bonchev–Trinajstić information content (AvgIpc) is 3.44. The van der Waals surface area contributed by atoms with Crippen molar-refractivity contribution in [3.63, 3.8) is 0 Å². The van der Waals surface area contributed by atoms with Crippen LogP contribution in [0.3, 0.4) is 0 Å². The normalized spacial score (nSPS) is 14.5. The maximum atomic E-state index is 12.8. The van der Waals surface area contributed by atoms with Crippen LogP contribution in [-0.2, 0) is 11.2 Å². The van der Waals surface area contributed by atoms with Crippen molar-refractivity contribution in [2.45, 2.75) is 12.8 Å². The van der Waals surface area contributed by atoms with Crippen molar-refractivity contribution >= 4 is 39.7 Å². The Kier molecular flexibility index (Phi) is 7.08. The molecule has 2 N–H and O–H groups in total. The van der Waals surface area contributed by atoms with Crippen LogP contribution < -0.4 is 5.32 Å². The van der Waals surface area contributed by atoms with E-state index in [9.17, 15) is 9.59 Å². The molecule has 2 aromatic heterocycles. The highest BCUT2D eigenvalue weighted by atomic mass is 32.1. The number of anilines is 1. The van der Waals surface area contributed by atoms with E-state index in [1.807, 2.05) is 16.8 Å². The zero-order valence-corrected chi connectivity index (χ0v) is 18.5. The second kappa shape index (κ2) is 10.1. The second-order valence-corrected chi connectivity index (χ2v) is 8.98. The zero-order chi connectivity index (χ0) is 21.6. The van der Waals surface area contributed by atoms with Gasteiger partial charge in [-0.1, -0.05) is 12.1 Å². The first-order chi connectivity index (χ1) is 15.1. The first-order valence-corrected chi connectivity index (χ1v) is 11.8. The molecule has 7 nitrogen and oxygen atoms in total. The third-order valence-corrected chi connectivity index (χ3v) is 6.84. The van der Waals surface area contributed by atoms with Gasteiger partial charge in [0.25, 0.3) is 5.91 Å². The number of rotatable bonds is 8. The van der Waals surface area contributed by atoms with Crippen LogP contribution >= 0.6 is 22.7 Å². The largest absolute Gasteiger partial charge is 0.478 e. The van der Waals surface area contributed by atoms with Crippen LogP contribution in [0.4, 0.5) is 5.13 Å². The van der Waals surface area contributed by atoms with E-state index in [0.717, 1.165) is 61.7 Å². The molecule has 0 spiro atoms. The fraction of sp³-hybridized carbons (Fsp3) is 0.318. The highest BCUT2D eigenvalue weighted by Crippen LogP contribution is 2.27. The fourth-order valence-electron chi connectivity index (χ4n) is 3.45. The van der Waals surface area contributed by atoms with Crippen LogP contribution in [0, 0.1) is 0 Å². The fourth-order valence-corrected chi connectivity index (χ4v) is 5.01. The topological polar surface area (TPSA) is 91.8 Å². The van der Waals surface area contributed by atoms with E-state index >= 15 is 0 Å². The molecule has 0 bridgehead atoms. The number of hydrogen-bond acceptors (Lipinski definition) is 7. The number of hydrogen-bond donors (Lipinski definition) is 2. The summed E-state index contributed by atoms with van der Waals surface area (Å²) in [7, 11) is 0. The van der Waals surface area contributed by atoms with E-state index in [-0.39, 0.29) is 11.5 Å². The smallest absolute Gasteiger partial charge is 0.335 e. The second-order valence-electron chi connectivity index (χ2n) is 7.21. The zero-order valence-electron chi connectivity index (χ0n) is 16.9. The standard InChI is InChI=1S/C22H23N3O4S2/c26-20(19-16(7-13-30-19)2-1-8-25-9-11-29-12-10-25)24-22-23-18(14-31-22)15-3-5-17(6-4-15)21(27)28/h3-7,13-14H,1-2,8-12H2,(H,27,28)(H,23,24,26). The van der Waals surface area contributed by atoms with E-state index in [4.69, 9.17) is 9.84 Å². The monoisotopic (exact) mass is 457 g/mol. The number of nitrogens with zero attached hydrogens (tertiary/aromatic N) is 2. The third-order valence-electron chi connectivity index (χ3n) is 5.13. The number of carbonyl (C=O) groups excluding carboxylic acids is 1. The van der Waals surface area contributed by atoms with Gasteiger partial charge in [-0.25, -0.2) is 9.78 Å². The van der Waals surface area contributed by atoms with Gasteiger partial charge in [0.05, 0.1) is 29.3 Å². The summed E-state index contributed by atoms with van der Waals surface area (Å²) in [5.74, 6) is -1.10. The predicted octanol–water partition coefficient (Wildman–Crippen LogP) is 4.09. The Balaban J connectivity index is 1.35. The maximum Gasteiger partial charge on any atom is 0.335 e. The molecule has 9 heteroatoms. The molecule has 0 unspecified atom stereocenters. The number of nitrogens with one attached hydrogen (secondary N) is 1. The molecule has 1 amide bonds. The number of aromatic nitrogens is 1. The summed E-state index contributed by atoms with van der Waals surface area (Å²) >= 11 is 2.80. The average molecular weight is 458 g/mol. The van der Waals surface area contributed by atoms with Crippen LogP contribution in [0.2, 0.25) is 0 Å². The van der Waals surface area contributed by atoms with Crippen LogP contribution in [0.1, 0.15) is 32.0 Å². The molecule has 1 saturated heterocycles. The number of thiophene rings is 1. The Morgan fingerprint density at radius 3 is 2.65 bits per heavy atom. The van der Waals surface area contributed by atoms with Gasteiger partial charge in [-0.15, -0.1) is 22.7 Å². The van der Waals surface area contributed by atoms with E-state index in [2.05, 4.69) is 15.2 Å². The lowest BCUT2D eigenvalue weighted by Gasteiger charge is -2.26. The number of aryl methyl sites for hydroxylation is 1. The minimum Gasteiger partial charge on any atom is -0.478 e. The number of aromatic carboxylic acids is 1. The van der Waals surface area contributed by atoms with Gasteiger partial charge in [0, 0.05) is 24.0 Å². The minimum absolute atomic E-state index is 0.140. The van der Waals surface area contributed by atoms with Gasteiger partial charge in [0.2, 0.25) is 0 Å². The molecule has 3 aromatic rings. The lowest BCUT2D eigenvalue weighted by Crippen LogP contribution is -2.36. The molecule has 0 aliphatic carbocycles. The number of ether oxygens (including phenoxy) is 1. The lowest BCUT2D eigenvalue weighted by molar-refractivity contribution is 0.0374. The van der Waals surface area contributed by atoms with Gasteiger partial charge in [0.15, 0.2) is 5.13 Å². The molecule has 0 radical (unpaired) electrons. The van der Waals surface area contributed by atoms with Gasteiger partial charge < -0.3 is 9.84 Å². The first-order valence-electron chi connectivity index (χ1n) is 10.1. The Morgan fingerprint density at radius 2 is 1.90 bits per heavy atom. The SMILES string of the molecule is O=C(O)c1ccc(-c2csc(NC(=O)c3sccc3CCCN3CCOCC3)n2)cc1. The number of thiazole rings is 1. The molecule has 1 aromatic carbocycles. The van der Waals surface area contributed by atoms with Crippen LogP contribution in [0.5, 0.6) is 0 Å². The Hall–Kier alpha value is -2.59. The molecule has 1 aliphatic heterocycles. The number of amides is 1. The van der Waals surface area contributed by atoms with Crippen molar-refractivity contribution in [2.24, 2.45) is 0 Å². The van der Waals surface area contributed by atoms with E-state index < -0.39 is 5.97 Å². The Bertz CT molecular complexity index is 1040. The number of carboxylic acid groups (broad SMARTS) is 1. The molecule has 31 heavy (non-hydrogen) atoms. The number of carbonyl (C=O) groups is 2. The Morgan fingerprint density at radius 1 is 1.13 bits per heavy atom. The molecule has 1 aliphatic rings. The van der Waals surface area contributed by atoms with Gasteiger partial charge in [-0.2, -0.15) is 0 Å². The molecule has 162 valence electrons. The van der Waals surface area contributed by atoms with Gasteiger partial charge >= 0.3 is 5.97 Å². The highest BCUT2D eigenvalue weighted by molar-refractivity contribution is 7.14. The molecule has 1 fully saturated rings. The summed E-state index contributed by atoms with van der Waals surface area (Å²) in [4.78, 5) is 31.4. The predicted molar refractivity (Wildman–Crippen MR) is 122 cm³/mol. The summed E-state index contributed by atoms with van der Waals surface area (Å²) < 4.78 is 5.38. The Labute approximate surface area is 188 Å². The summed E-state index contributed by atoms with van der Waals surface area (Å²) in [6.07, 6.45) is 1.87. The maximum absolute atomic E-state index is 12.8. The van der Waals surface area contributed by atoms with Crippen molar-refractivity contribution in [2.75, 3.05) is 38.2 Å². The first kappa shape index (κ1) is 21.6. The molecule has 3 heterocycles. The van der Waals surface area contributed by atoms with Crippen molar-refractivity contribution < 1.29 is 19.4 Å². The number of morpholine rings is 1. The summed E-state index contributed by atoms with van der Waals surface area (Å²) in [6, 6.07) is 8.55. The lowest BCUT2D eigenvalue weighted by atomic mass is 10.1. The minimum atomic E-state index is -0.963. The molecule has 0 saturated carbocycles. The van der Waals surface area contributed by atoms with E-state index in [0.29, 0.717) is 10.8 Å². The molecular weight excluding hydrogens is 434 g/mol. The molecular formula is C22H23N3O4S2. The van der Waals surface area contributed by atoms with E-state index in [1.165, 1.54) is 22.7 Å². The van der Waals surface area contributed by atoms with Crippen LogP contribution in [0.25, 0.3) is 11.3 Å². The van der Waals surface area contributed by atoms with Crippen molar-refractivity contribution in [1.29, 1.82) is 0 Å². The molecule has 0 atom stereocenters. The summed E-state index contributed by atoms with van der Waals surface area (Å²) in [5.41, 5.74) is 2.80. The van der Waals surface area contributed by atoms with Gasteiger partial charge in [-0.3, -0.25) is 15.0 Å². The highest BCUT2D eigenvalue weighted by Gasteiger charge is 2.16. The van der Waals surface area contributed by atoms with Crippen molar-refractivity contribution in [3.05, 3.63) is 57.1 Å². The van der Waals surface area contributed by atoms with Crippen LogP contribution in [0.15, 0.2) is 41.1 Å². The van der Waals surface area contributed by atoms with Crippen molar-refractivity contribution in [1.82, 2.24) is 9.88 Å². The third kappa shape index (κ3) is 5.56. The summed E-state index contributed by atoms with van der Waals surface area (Å²) in [6.45, 7) is 4.55. The number of carboxylic acids is 1. The van der Waals surface area contributed by atoms with Crippen LogP contribution in [-0.4, -0.2) is 59.7 Å². The van der Waals surface area contributed by atoms with E-state index in [1.54, 1.807) is 24.3 Å².